The number of hydrogen-bond acceptors (Lipinski definition) is 6. The van der Waals surface area contributed by atoms with Crippen molar-refractivity contribution >= 4 is 34.0 Å². The van der Waals surface area contributed by atoms with Crippen LogP contribution in [0.4, 0.5) is 13.2 Å². The second-order valence-corrected chi connectivity index (χ2v) is 9.60. The fourth-order valence-electron chi connectivity index (χ4n) is 5.27. The number of rotatable bonds is 3. The maximum atomic E-state index is 15.1. The molecule has 0 bridgehead atoms. The molecule has 0 unspecified atom stereocenters. The quantitative estimate of drug-likeness (QED) is 0.234. The number of halogens is 3. The van der Waals surface area contributed by atoms with Crippen LogP contribution in [-0.2, 0) is 0 Å². The Morgan fingerprint density at radius 2 is 1.23 bits per heavy atom. The van der Waals surface area contributed by atoms with Crippen LogP contribution in [0.15, 0.2) is 72.8 Å². The molecule has 9 heteroatoms. The van der Waals surface area contributed by atoms with E-state index in [0.29, 0.717) is 50.0 Å². The highest BCUT2D eigenvalue weighted by molar-refractivity contribution is 6.64. The summed E-state index contributed by atoms with van der Waals surface area (Å²) in [6.07, 6.45) is 1.71. The number of nitrogens with one attached hydrogen (secondary N) is 2. The summed E-state index contributed by atoms with van der Waals surface area (Å²) >= 11 is 0. The Kier molecular flexibility index (Phi) is 6.38. The third kappa shape index (κ3) is 4.06. The largest absolute Gasteiger partial charge is 0.298 e. The van der Waals surface area contributed by atoms with Gasteiger partial charge in [-0.1, -0.05) is 60.7 Å². The number of aromatic nitrogens is 1. The van der Waals surface area contributed by atoms with E-state index in [9.17, 15) is 20.2 Å². The minimum absolute atomic E-state index is 0.0323. The van der Waals surface area contributed by atoms with Gasteiger partial charge in [-0.2, -0.15) is 15.8 Å². The van der Waals surface area contributed by atoms with E-state index in [2.05, 4.69) is 6.07 Å². The summed E-state index contributed by atoms with van der Waals surface area (Å²) in [5, 5.41) is 46.6. The second-order valence-electron chi connectivity index (χ2n) is 9.60. The van der Waals surface area contributed by atoms with E-state index in [1.165, 1.54) is 36.4 Å². The van der Waals surface area contributed by atoms with Crippen LogP contribution in [0.1, 0.15) is 33.4 Å². The van der Waals surface area contributed by atoms with E-state index in [0.717, 1.165) is 0 Å². The van der Waals surface area contributed by atoms with Crippen molar-refractivity contribution in [2.24, 2.45) is 0 Å². The summed E-state index contributed by atoms with van der Waals surface area (Å²) in [5.74, 6) is -4.39. The third-order valence-corrected chi connectivity index (χ3v) is 7.31. The van der Waals surface area contributed by atoms with Crippen molar-refractivity contribution in [3.05, 3.63) is 124 Å². The van der Waals surface area contributed by atoms with Gasteiger partial charge >= 0.3 is 0 Å². The van der Waals surface area contributed by atoms with Gasteiger partial charge in [-0.3, -0.25) is 10.8 Å². The van der Waals surface area contributed by atoms with E-state index in [-0.39, 0.29) is 17.0 Å². The smallest absolute Gasteiger partial charge is 0.164 e. The molecule has 4 aromatic carbocycles. The zero-order chi connectivity index (χ0) is 30.4. The number of para-hydroxylation sites is 1. The molecule has 0 fully saturated rings. The van der Waals surface area contributed by atoms with Crippen molar-refractivity contribution in [1.29, 1.82) is 26.6 Å². The van der Waals surface area contributed by atoms with Gasteiger partial charge in [-0.15, -0.1) is 0 Å². The van der Waals surface area contributed by atoms with E-state index < -0.39 is 34.1 Å². The van der Waals surface area contributed by atoms with E-state index in [1.54, 1.807) is 54.6 Å². The lowest BCUT2D eigenvalue weighted by molar-refractivity contribution is 0.539. The molecule has 0 amide bonds. The fourth-order valence-corrected chi connectivity index (χ4v) is 5.27. The Labute approximate surface area is 242 Å². The van der Waals surface area contributed by atoms with E-state index in [1.807, 2.05) is 0 Å². The number of pyridine rings is 1. The number of hydrogen-bond donors (Lipinski definition) is 2. The Hall–Kier alpha value is -6.37. The minimum Gasteiger partial charge on any atom is -0.298 e. The zero-order valence-electron chi connectivity index (χ0n) is 21.9. The summed E-state index contributed by atoms with van der Waals surface area (Å²) in [4.78, 5) is 4.83. The Morgan fingerprint density at radius 3 is 1.88 bits per heavy atom. The molecule has 0 spiro atoms. The first kappa shape index (κ1) is 26.8. The molecule has 43 heavy (non-hydrogen) atoms. The molecule has 1 heterocycles. The van der Waals surface area contributed by atoms with Gasteiger partial charge in [0.05, 0.1) is 39.8 Å². The van der Waals surface area contributed by atoms with Crippen LogP contribution < -0.4 is 0 Å². The van der Waals surface area contributed by atoms with Crippen molar-refractivity contribution in [3.8, 4) is 40.6 Å². The molecule has 0 saturated carbocycles. The molecular weight excluding hydrogens is 549 g/mol. The summed E-state index contributed by atoms with van der Waals surface area (Å²) in [5.41, 5.74) is 0.695. The van der Waals surface area contributed by atoms with Gasteiger partial charge in [0.15, 0.2) is 17.5 Å². The summed E-state index contributed by atoms with van der Waals surface area (Å²) in [6, 6.07) is 24.6. The molecule has 6 nitrogen and oxygen atoms in total. The molecule has 2 N–H and O–H groups in total. The predicted molar refractivity (Wildman–Crippen MR) is 156 cm³/mol. The first-order valence-electron chi connectivity index (χ1n) is 12.7. The number of fused-ring (bicyclic) bond motifs is 3. The van der Waals surface area contributed by atoms with E-state index >= 15 is 8.78 Å². The molecule has 5 aromatic rings. The SMILES string of the molecule is N#Cc1ccccc1C1=Cc2c(-c3ccc(-c4c(F)c(C#N)c(F)c(C#N)c4F)cc3)nc3ccccc3c2C(=N)C1=N. The Bertz CT molecular complexity index is 2190. The normalized spacial score (nSPS) is 12.2. The van der Waals surface area contributed by atoms with Gasteiger partial charge < -0.3 is 0 Å². The van der Waals surface area contributed by atoms with Crippen LogP contribution in [-0.4, -0.2) is 16.4 Å². The van der Waals surface area contributed by atoms with Crippen molar-refractivity contribution in [3.63, 3.8) is 0 Å². The molecule has 0 radical (unpaired) electrons. The molecule has 0 saturated heterocycles. The third-order valence-electron chi connectivity index (χ3n) is 7.31. The number of nitrogens with zero attached hydrogens (tertiary/aromatic N) is 4. The highest BCUT2D eigenvalue weighted by Crippen LogP contribution is 2.39. The first-order valence-corrected chi connectivity index (χ1v) is 12.7. The topological polar surface area (TPSA) is 132 Å². The van der Waals surface area contributed by atoms with Gasteiger partial charge in [0.1, 0.15) is 23.3 Å². The van der Waals surface area contributed by atoms with Crippen LogP contribution in [0.2, 0.25) is 0 Å². The number of nitriles is 3. The fraction of sp³-hybridized carbons (Fsp3) is 0. The maximum Gasteiger partial charge on any atom is 0.164 e. The summed E-state index contributed by atoms with van der Waals surface area (Å²) in [6.45, 7) is 0. The van der Waals surface area contributed by atoms with Gasteiger partial charge in [0.25, 0.3) is 0 Å². The number of allylic oxidation sites excluding steroid dienone is 1. The standard InChI is InChI=1S/C34H15F3N6/c35-29-24(15-39)30(36)27(31(37)25(29)16-40)17-9-11-18(12-10-17)34-23-13-22(20-6-2-1-5-19(20)14-38)32(41)33(42)28(23)21-7-3-4-8-26(21)43-34/h1-13,41-42H. The van der Waals surface area contributed by atoms with Crippen molar-refractivity contribution < 1.29 is 13.2 Å². The van der Waals surface area contributed by atoms with Crippen LogP contribution in [0.3, 0.4) is 0 Å². The predicted octanol–water partition coefficient (Wildman–Crippen LogP) is 7.54. The van der Waals surface area contributed by atoms with Gasteiger partial charge in [-0.05, 0) is 23.8 Å². The van der Waals surface area contributed by atoms with Crippen molar-refractivity contribution in [2.45, 2.75) is 0 Å². The Morgan fingerprint density at radius 1 is 0.628 bits per heavy atom. The average Bonchev–Trinajstić information content (AvgIpc) is 3.03. The molecule has 6 rings (SSSR count). The van der Waals surface area contributed by atoms with Crippen LogP contribution >= 0.6 is 0 Å². The zero-order valence-corrected chi connectivity index (χ0v) is 21.9. The highest BCUT2D eigenvalue weighted by atomic mass is 19.1. The monoisotopic (exact) mass is 564 g/mol. The van der Waals surface area contributed by atoms with Gasteiger partial charge in [0, 0.05) is 33.2 Å². The second kappa shape index (κ2) is 10.2. The number of benzene rings is 4. The lowest BCUT2D eigenvalue weighted by Gasteiger charge is -2.23. The van der Waals surface area contributed by atoms with Gasteiger partial charge in [-0.25, -0.2) is 18.2 Å². The molecule has 0 atom stereocenters. The molecular formula is C34H15F3N6. The first-order chi connectivity index (χ1) is 20.8. The maximum absolute atomic E-state index is 15.1. The Balaban J connectivity index is 1.59. The average molecular weight is 565 g/mol. The van der Waals surface area contributed by atoms with E-state index in [4.69, 9.17) is 15.8 Å². The lowest BCUT2D eigenvalue weighted by atomic mass is 9.81. The van der Waals surface area contributed by atoms with Crippen molar-refractivity contribution in [1.82, 2.24) is 4.98 Å². The molecule has 1 aliphatic carbocycles. The lowest BCUT2D eigenvalue weighted by Crippen LogP contribution is -2.22. The van der Waals surface area contributed by atoms with Crippen LogP contribution in [0.25, 0.3) is 44.9 Å². The molecule has 1 aromatic heterocycles. The molecule has 1 aliphatic rings. The van der Waals surface area contributed by atoms with Crippen LogP contribution in [0.5, 0.6) is 0 Å². The van der Waals surface area contributed by atoms with Crippen molar-refractivity contribution in [2.75, 3.05) is 0 Å². The molecule has 0 aliphatic heterocycles. The van der Waals surface area contributed by atoms with Gasteiger partial charge in [0.2, 0.25) is 0 Å². The van der Waals surface area contributed by atoms with Crippen LogP contribution in [0, 0.1) is 62.3 Å². The molecule has 202 valence electrons. The highest BCUT2D eigenvalue weighted by Gasteiger charge is 2.29. The summed E-state index contributed by atoms with van der Waals surface area (Å²) < 4.78 is 44.5. The summed E-state index contributed by atoms with van der Waals surface area (Å²) in [7, 11) is 0. The minimum atomic E-state index is -1.55.